The van der Waals surface area contributed by atoms with E-state index in [-0.39, 0.29) is 31.5 Å². The molecule has 7 heteroatoms. The second kappa shape index (κ2) is 6.33. The highest BCUT2D eigenvalue weighted by molar-refractivity contribution is 9.10. The lowest BCUT2D eigenvalue weighted by atomic mass is 10.1. The number of phenols is 1. The highest BCUT2D eigenvalue weighted by atomic mass is 79.9. The highest BCUT2D eigenvalue weighted by Crippen LogP contribution is 2.37. The van der Waals surface area contributed by atoms with E-state index in [0.29, 0.717) is 22.6 Å². The van der Waals surface area contributed by atoms with Crippen LogP contribution >= 0.6 is 15.9 Å². The van der Waals surface area contributed by atoms with Crippen molar-refractivity contribution >= 4 is 32.9 Å². The zero-order valence-electron chi connectivity index (χ0n) is 13.0. The van der Waals surface area contributed by atoms with Crippen LogP contribution in [-0.2, 0) is 22.6 Å². The molecule has 1 aliphatic rings. The minimum Gasteiger partial charge on any atom is -0.508 e. The summed E-state index contributed by atoms with van der Waals surface area (Å²) in [7, 11) is 0. The molecule has 0 spiro atoms. The molecular formula is C18H13BrO6. The van der Waals surface area contributed by atoms with Crippen LogP contribution in [0.2, 0.25) is 0 Å². The molecule has 1 N–H and O–H groups in total. The van der Waals surface area contributed by atoms with Gasteiger partial charge in [0.05, 0.1) is 12.7 Å². The van der Waals surface area contributed by atoms with Gasteiger partial charge in [-0.1, -0.05) is 15.9 Å². The predicted molar refractivity (Wildman–Crippen MR) is 91.6 cm³/mol. The molecule has 0 amide bonds. The number of hydrogen-bond acceptors (Lipinski definition) is 6. The van der Waals surface area contributed by atoms with Crippen molar-refractivity contribution in [3.05, 3.63) is 52.2 Å². The summed E-state index contributed by atoms with van der Waals surface area (Å²) in [6.07, 6.45) is 1.59. The van der Waals surface area contributed by atoms with Crippen molar-refractivity contribution in [2.45, 2.75) is 13.0 Å². The number of hydrogen-bond donors (Lipinski definition) is 1. The molecule has 0 saturated heterocycles. The zero-order chi connectivity index (χ0) is 17.4. The first kappa shape index (κ1) is 15.8. The summed E-state index contributed by atoms with van der Waals surface area (Å²) in [5, 5.41) is 10.2. The summed E-state index contributed by atoms with van der Waals surface area (Å²) in [6, 6.07) is 8.35. The summed E-state index contributed by atoms with van der Waals surface area (Å²) in [6.45, 7) is 0.306. The van der Waals surface area contributed by atoms with Crippen LogP contribution in [0.4, 0.5) is 0 Å². The van der Waals surface area contributed by atoms with Crippen LogP contribution in [0.1, 0.15) is 11.1 Å². The van der Waals surface area contributed by atoms with Gasteiger partial charge in [0.1, 0.15) is 17.9 Å². The van der Waals surface area contributed by atoms with Gasteiger partial charge in [-0.25, -0.2) is 0 Å². The second-order valence-electron chi connectivity index (χ2n) is 5.58. The fourth-order valence-electron chi connectivity index (χ4n) is 2.64. The zero-order valence-corrected chi connectivity index (χ0v) is 14.5. The van der Waals surface area contributed by atoms with Crippen molar-refractivity contribution in [2.24, 2.45) is 0 Å². The molecule has 128 valence electrons. The maximum Gasteiger partial charge on any atom is 0.310 e. The van der Waals surface area contributed by atoms with Gasteiger partial charge in [0, 0.05) is 27.1 Å². The first-order valence-corrected chi connectivity index (χ1v) is 8.32. The van der Waals surface area contributed by atoms with E-state index >= 15 is 0 Å². The molecule has 0 fully saturated rings. The fraction of sp³-hybridized carbons (Fsp3) is 0.167. The van der Waals surface area contributed by atoms with Gasteiger partial charge in [0.15, 0.2) is 11.5 Å². The van der Waals surface area contributed by atoms with Gasteiger partial charge in [-0.05, 0) is 24.3 Å². The van der Waals surface area contributed by atoms with Crippen molar-refractivity contribution in [1.29, 1.82) is 0 Å². The van der Waals surface area contributed by atoms with Gasteiger partial charge in [0.25, 0.3) is 0 Å². The predicted octanol–water partition coefficient (Wildman–Crippen LogP) is 3.92. The van der Waals surface area contributed by atoms with Crippen LogP contribution in [-0.4, -0.2) is 17.9 Å². The van der Waals surface area contributed by atoms with E-state index in [1.807, 2.05) is 0 Å². The van der Waals surface area contributed by atoms with Crippen LogP contribution < -0.4 is 9.47 Å². The number of carbonyl (C=O) groups excluding carboxylic acids is 1. The van der Waals surface area contributed by atoms with Crippen LogP contribution in [0, 0.1) is 0 Å². The summed E-state index contributed by atoms with van der Waals surface area (Å²) in [4.78, 5) is 12.2. The molecule has 25 heavy (non-hydrogen) atoms. The molecule has 0 unspecified atom stereocenters. The van der Waals surface area contributed by atoms with Crippen LogP contribution in [0.15, 0.2) is 45.5 Å². The monoisotopic (exact) mass is 404 g/mol. The van der Waals surface area contributed by atoms with Crippen molar-refractivity contribution in [3.8, 4) is 17.2 Å². The normalized spacial score (nSPS) is 12.5. The fourth-order valence-corrected chi connectivity index (χ4v) is 3.08. The first-order chi connectivity index (χ1) is 12.1. The summed E-state index contributed by atoms with van der Waals surface area (Å²) in [5.41, 5.74) is 2.03. The molecule has 6 nitrogen and oxygen atoms in total. The van der Waals surface area contributed by atoms with Crippen LogP contribution in [0.3, 0.4) is 0 Å². The van der Waals surface area contributed by atoms with Crippen molar-refractivity contribution in [2.75, 3.05) is 6.79 Å². The lowest BCUT2D eigenvalue weighted by Gasteiger charge is -2.08. The smallest absolute Gasteiger partial charge is 0.310 e. The molecule has 2 heterocycles. The third-order valence-electron chi connectivity index (χ3n) is 3.90. The first-order valence-electron chi connectivity index (χ1n) is 7.53. The number of aromatic hydroxyl groups is 1. The summed E-state index contributed by atoms with van der Waals surface area (Å²) >= 11 is 3.43. The topological polar surface area (TPSA) is 78.1 Å². The van der Waals surface area contributed by atoms with Gasteiger partial charge in [-0.3, -0.25) is 4.79 Å². The molecule has 0 saturated carbocycles. The maximum absolute atomic E-state index is 12.2. The van der Waals surface area contributed by atoms with E-state index in [9.17, 15) is 9.90 Å². The van der Waals surface area contributed by atoms with Crippen molar-refractivity contribution in [1.82, 2.24) is 0 Å². The number of esters is 1. The molecule has 1 aromatic heterocycles. The van der Waals surface area contributed by atoms with E-state index in [2.05, 4.69) is 15.9 Å². The molecule has 0 radical (unpaired) electrons. The number of rotatable bonds is 4. The number of furan rings is 1. The van der Waals surface area contributed by atoms with Crippen LogP contribution in [0.25, 0.3) is 11.0 Å². The van der Waals surface area contributed by atoms with E-state index in [1.165, 1.54) is 12.3 Å². The minimum absolute atomic E-state index is 0.0833. The second-order valence-corrected chi connectivity index (χ2v) is 6.43. The van der Waals surface area contributed by atoms with Gasteiger partial charge in [0.2, 0.25) is 6.79 Å². The van der Waals surface area contributed by atoms with Crippen LogP contribution in [0.5, 0.6) is 17.2 Å². The average Bonchev–Trinajstić information content (AvgIpc) is 3.19. The lowest BCUT2D eigenvalue weighted by Crippen LogP contribution is -2.08. The Labute approximate surface area is 151 Å². The summed E-state index contributed by atoms with van der Waals surface area (Å²) < 4.78 is 22.1. The maximum atomic E-state index is 12.2. The largest absolute Gasteiger partial charge is 0.508 e. The number of benzene rings is 2. The Morgan fingerprint density at radius 1 is 1.16 bits per heavy atom. The van der Waals surface area contributed by atoms with Gasteiger partial charge in [-0.2, -0.15) is 0 Å². The number of ether oxygens (including phenoxy) is 3. The average molecular weight is 405 g/mol. The number of fused-ring (bicyclic) bond motifs is 2. The Morgan fingerprint density at radius 3 is 2.80 bits per heavy atom. The van der Waals surface area contributed by atoms with Gasteiger partial charge in [-0.15, -0.1) is 0 Å². The van der Waals surface area contributed by atoms with Gasteiger partial charge < -0.3 is 23.7 Å². The highest BCUT2D eigenvalue weighted by Gasteiger charge is 2.18. The van der Waals surface area contributed by atoms with E-state index < -0.39 is 0 Å². The lowest BCUT2D eigenvalue weighted by molar-refractivity contribution is -0.144. The Kier molecular flexibility index (Phi) is 4.01. The third-order valence-corrected chi connectivity index (χ3v) is 4.64. The number of carbonyl (C=O) groups is 1. The van der Waals surface area contributed by atoms with Crippen molar-refractivity contribution < 1.29 is 28.5 Å². The van der Waals surface area contributed by atoms with E-state index in [1.54, 1.807) is 24.3 Å². The number of halogens is 1. The van der Waals surface area contributed by atoms with E-state index in [4.69, 9.17) is 18.6 Å². The number of phenolic OH excluding ortho intramolecular Hbond substituents is 1. The Balaban J connectivity index is 1.44. The van der Waals surface area contributed by atoms with E-state index in [0.717, 1.165) is 15.4 Å². The SMILES string of the molecule is O=C(Cc1coc2cc(O)ccc12)OCc1cc2c(cc1Br)OCO2. The molecular weight excluding hydrogens is 392 g/mol. The van der Waals surface area contributed by atoms with Crippen molar-refractivity contribution in [3.63, 3.8) is 0 Å². The Morgan fingerprint density at radius 2 is 1.96 bits per heavy atom. The van der Waals surface area contributed by atoms with Gasteiger partial charge >= 0.3 is 5.97 Å². The third kappa shape index (κ3) is 3.15. The molecule has 1 aliphatic heterocycles. The summed E-state index contributed by atoms with van der Waals surface area (Å²) in [5.74, 6) is 1.04. The molecule has 3 aromatic rings. The molecule has 4 rings (SSSR count). The quantitative estimate of drug-likeness (QED) is 0.664. The molecule has 2 aromatic carbocycles. The Bertz CT molecular complexity index is 962. The minimum atomic E-state index is -0.375. The molecule has 0 bridgehead atoms. The molecule has 0 aliphatic carbocycles. The molecule has 0 atom stereocenters. The standard InChI is InChI=1S/C18H13BrO6/c19-14-6-17-16(24-9-25-17)3-11(14)8-23-18(21)4-10-7-22-15-5-12(20)1-2-13(10)15/h1-3,5-7,20H,4,8-9H2. The Hall–Kier alpha value is -2.67.